The maximum atomic E-state index is 12.9. The number of nitrogen functional groups attached to an aromatic ring is 1. The number of amides is 1. The van der Waals surface area contributed by atoms with Crippen LogP contribution < -0.4 is 11.1 Å². The van der Waals surface area contributed by atoms with Crippen molar-refractivity contribution in [3.63, 3.8) is 0 Å². The fraction of sp³-hybridized carbons (Fsp3) is 0.429. The number of hydrogen-bond acceptors (Lipinski definition) is 4. The van der Waals surface area contributed by atoms with Crippen LogP contribution in [0.1, 0.15) is 37.0 Å². The molecule has 1 atom stereocenters. The molecule has 0 aliphatic heterocycles. The maximum Gasteiger partial charge on any atom is 0.341 e. The van der Waals surface area contributed by atoms with Gasteiger partial charge in [0.2, 0.25) is 0 Å². The molecule has 1 aromatic carbocycles. The lowest BCUT2D eigenvalue weighted by Crippen LogP contribution is -2.36. The van der Waals surface area contributed by atoms with E-state index in [0.29, 0.717) is 6.54 Å². The van der Waals surface area contributed by atoms with Crippen LogP contribution in [0.5, 0.6) is 0 Å². The molecule has 1 unspecified atom stereocenters. The lowest BCUT2D eigenvalue weighted by Gasteiger charge is -2.14. The Morgan fingerprint density at radius 2 is 2.15 bits per heavy atom. The van der Waals surface area contributed by atoms with Crippen molar-refractivity contribution in [3.8, 4) is 0 Å². The number of nitrogens with two attached hydrogens (primary N) is 1. The molecule has 1 aromatic rings. The molecule has 0 heterocycles. The zero-order valence-corrected chi connectivity index (χ0v) is 11.6. The molecule has 1 amide bonds. The monoisotopic (exact) mass is 282 g/mol. The molecule has 0 aliphatic rings. The Hall–Kier alpha value is -2.11. The van der Waals surface area contributed by atoms with Crippen LogP contribution in [0.2, 0.25) is 0 Å². The summed E-state index contributed by atoms with van der Waals surface area (Å²) < 4.78 is 17.9. The van der Waals surface area contributed by atoms with Crippen molar-refractivity contribution in [2.75, 3.05) is 12.3 Å². The van der Waals surface area contributed by atoms with Crippen molar-refractivity contribution in [2.24, 2.45) is 0 Å². The molecule has 0 saturated heterocycles. The van der Waals surface area contributed by atoms with Gasteiger partial charge in [0.05, 0.1) is 5.56 Å². The second-order valence-corrected chi connectivity index (χ2v) is 4.42. The number of ether oxygens (including phenoxy) is 1. The summed E-state index contributed by atoms with van der Waals surface area (Å²) in [5.74, 6) is -1.66. The number of carbonyl (C=O) groups is 2. The van der Waals surface area contributed by atoms with Gasteiger partial charge >= 0.3 is 5.97 Å². The average molecular weight is 282 g/mol. The number of nitrogens with one attached hydrogen (secondary N) is 1. The van der Waals surface area contributed by atoms with Gasteiger partial charge in [-0.3, -0.25) is 4.79 Å². The van der Waals surface area contributed by atoms with E-state index in [1.165, 1.54) is 13.0 Å². The first-order valence-electron chi connectivity index (χ1n) is 6.49. The Bertz CT molecular complexity index is 491. The Morgan fingerprint density at radius 1 is 1.45 bits per heavy atom. The van der Waals surface area contributed by atoms with Crippen molar-refractivity contribution < 1.29 is 18.7 Å². The topological polar surface area (TPSA) is 81.4 Å². The number of unbranched alkanes of at least 4 members (excludes halogenated alkanes) is 1. The molecule has 0 bridgehead atoms. The van der Waals surface area contributed by atoms with Gasteiger partial charge in [-0.05, 0) is 31.5 Å². The average Bonchev–Trinajstić information content (AvgIpc) is 2.38. The van der Waals surface area contributed by atoms with Gasteiger partial charge < -0.3 is 15.8 Å². The Labute approximate surface area is 117 Å². The van der Waals surface area contributed by atoms with Crippen molar-refractivity contribution >= 4 is 17.6 Å². The summed E-state index contributed by atoms with van der Waals surface area (Å²) in [5.41, 5.74) is 5.55. The van der Waals surface area contributed by atoms with E-state index in [4.69, 9.17) is 10.5 Å². The van der Waals surface area contributed by atoms with E-state index in [9.17, 15) is 14.0 Å². The molecule has 0 aromatic heterocycles. The minimum atomic E-state index is -0.927. The molecule has 0 radical (unpaired) electrons. The van der Waals surface area contributed by atoms with E-state index in [2.05, 4.69) is 5.32 Å². The summed E-state index contributed by atoms with van der Waals surface area (Å²) >= 11 is 0. The van der Waals surface area contributed by atoms with Gasteiger partial charge in [-0.1, -0.05) is 13.3 Å². The zero-order chi connectivity index (χ0) is 15.1. The third kappa shape index (κ3) is 4.53. The van der Waals surface area contributed by atoms with Crippen molar-refractivity contribution in [2.45, 2.75) is 32.8 Å². The zero-order valence-electron chi connectivity index (χ0n) is 11.6. The van der Waals surface area contributed by atoms with Crippen LogP contribution in [0.15, 0.2) is 18.2 Å². The summed E-state index contributed by atoms with van der Waals surface area (Å²) in [5, 5.41) is 2.66. The van der Waals surface area contributed by atoms with Crippen LogP contribution in [0.3, 0.4) is 0 Å². The van der Waals surface area contributed by atoms with E-state index in [1.54, 1.807) is 0 Å². The van der Waals surface area contributed by atoms with Crippen LogP contribution in [-0.2, 0) is 9.53 Å². The highest BCUT2D eigenvalue weighted by Gasteiger charge is 2.20. The van der Waals surface area contributed by atoms with Crippen molar-refractivity contribution in [1.29, 1.82) is 0 Å². The van der Waals surface area contributed by atoms with Gasteiger partial charge in [-0.25, -0.2) is 9.18 Å². The van der Waals surface area contributed by atoms with Crippen LogP contribution >= 0.6 is 0 Å². The SMILES string of the molecule is CCCCNC(=O)C(C)OC(=O)c1ccc(F)cc1N. The highest BCUT2D eigenvalue weighted by atomic mass is 19.1. The van der Waals surface area contributed by atoms with Gasteiger partial charge in [-0.2, -0.15) is 0 Å². The Balaban J connectivity index is 2.58. The molecule has 20 heavy (non-hydrogen) atoms. The van der Waals surface area contributed by atoms with Gasteiger partial charge in [-0.15, -0.1) is 0 Å². The second kappa shape index (κ2) is 7.47. The summed E-state index contributed by atoms with van der Waals surface area (Å²) in [6.45, 7) is 4.02. The van der Waals surface area contributed by atoms with E-state index in [1.807, 2.05) is 6.92 Å². The number of esters is 1. The van der Waals surface area contributed by atoms with Gasteiger partial charge in [0.1, 0.15) is 5.82 Å². The van der Waals surface area contributed by atoms with Gasteiger partial charge in [0.25, 0.3) is 5.91 Å². The van der Waals surface area contributed by atoms with E-state index < -0.39 is 17.9 Å². The predicted molar refractivity (Wildman–Crippen MR) is 73.6 cm³/mol. The predicted octanol–water partition coefficient (Wildman–Crippen LogP) is 1.87. The standard InChI is InChI=1S/C14H19FN2O3/c1-3-4-7-17-13(18)9(2)20-14(19)11-6-5-10(15)8-12(11)16/h5-6,8-9H,3-4,7,16H2,1-2H3,(H,17,18). The van der Waals surface area contributed by atoms with E-state index in [-0.39, 0.29) is 17.2 Å². The molecule has 0 fully saturated rings. The lowest BCUT2D eigenvalue weighted by molar-refractivity contribution is -0.129. The summed E-state index contributed by atoms with van der Waals surface area (Å²) in [4.78, 5) is 23.5. The smallest absolute Gasteiger partial charge is 0.341 e. The van der Waals surface area contributed by atoms with Gasteiger partial charge in [0, 0.05) is 12.2 Å². The van der Waals surface area contributed by atoms with E-state index >= 15 is 0 Å². The minimum Gasteiger partial charge on any atom is -0.449 e. The molecule has 0 spiro atoms. The quantitative estimate of drug-likeness (QED) is 0.474. The largest absolute Gasteiger partial charge is 0.449 e. The number of rotatable bonds is 6. The second-order valence-electron chi connectivity index (χ2n) is 4.42. The summed E-state index contributed by atoms with van der Waals surface area (Å²) in [6, 6.07) is 3.37. The summed E-state index contributed by atoms with van der Waals surface area (Å²) in [6.07, 6.45) is 0.890. The van der Waals surface area contributed by atoms with Crippen LogP contribution in [0.4, 0.5) is 10.1 Å². The molecule has 3 N–H and O–H groups in total. The molecule has 1 rings (SSSR count). The van der Waals surface area contributed by atoms with E-state index in [0.717, 1.165) is 25.0 Å². The van der Waals surface area contributed by atoms with Crippen LogP contribution in [0.25, 0.3) is 0 Å². The summed E-state index contributed by atoms with van der Waals surface area (Å²) in [7, 11) is 0. The Morgan fingerprint density at radius 3 is 2.75 bits per heavy atom. The number of carbonyl (C=O) groups excluding carboxylic acids is 2. The van der Waals surface area contributed by atoms with Crippen LogP contribution in [-0.4, -0.2) is 24.5 Å². The molecular weight excluding hydrogens is 263 g/mol. The fourth-order valence-electron chi connectivity index (χ4n) is 1.53. The lowest BCUT2D eigenvalue weighted by atomic mass is 10.2. The minimum absolute atomic E-state index is 0.0198. The highest BCUT2D eigenvalue weighted by molar-refractivity contribution is 5.96. The highest BCUT2D eigenvalue weighted by Crippen LogP contribution is 2.15. The maximum absolute atomic E-state index is 12.9. The third-order valence-electron chi connectivity index (χ3n) is 2.72. The molecule has 5 nitrogen and oxygen atoms in total. The molecule has 110 valence electrons. The first-order valence-corrected chi connectivity index (χ1v) is 6.49. The molecule has 0 saturated carbocycles. The normalized spacial score (nSPS) is 11.8. The molecule has 0 aliphatic carbocycles. The first kappa shape index (κ1) is 15.9. The van der Waals surface area contributed by atoms with Crippen LogP contribution in [0, 0.1) is 5.82 Å². The number of benzene rings is 1. The number of anilines is 1. The Kier molecular flexibility index (Phi) is 5.96. The first-order chi connectivity index (χ1) is 9.45. The van der Waals surface area contributed by atoms with Gasteiger partial charge in [0.15, 0.2) is 6.10 Å². The molecule has 6 heteroatoms. The molecular formula is C14H19FN2O3. The van der Waals surface area contributed by atoms with Crippen molar-refractivity contribution in [1.82, 2.24) is 5.32 Å². The van der Waals surface area contributed by atoms with Crippen molar-refractivity contribution in [3.05, 3.63) is 29.6 Å². The fourth-order valence-corrected chi connectivity index (χ4v) is 1.53. The number of hydrogen-bond donors (Lipinski definition) is 2. The number of halogens is 1. The third-order valence-corrected chi connectivity index (χ3v) is 2.72.